The molecule has 82 valence electrons. The molecule has 1 heterocycles. The lowest BCUT2D eigenvalue weighted by atomic mass is 9.73. The Morgan fingerprint density at radius 1 is 1.43 bits per heavy atom. The summed E-state index contributed by atoms with van der Waals surface area (Å²) in [5, 5.41) is 9.44. The minimum atomic E-state index is -0.299. The molecule has 3 nitrogen and oxygen atoms in total. The molecule has 0 aromatic carbocycles. The molecule has 0 spiro atoms. The Balaban J connectivity index is 2.46. The normalized spacial score (nSPS) is 22.3. The van der Waals surface area contributed by atoms with Crippen LogP contribution in [-0.2, 0) is 4.74 Å². The topological polar surface area (TPSA) is 32.7 Å². The second-order valence-electron chi connectivity index (χ2n) is 4.45. The molecule has 0 unspecified atom stereocenters. The van der Waals surface area contributed by atoms with E-state index in [0.717, 1.165) is 32.5 Å². The van der Waals surface area contributed by atoms with Gasteiger partial charge in [0.2, 0.25) is 0 Å². The van der Waals surface area contributed by atoms with Crippen LogP contribution in [0.5, 0.6) is 0 Å². The van der Waals surface area contributed by atoms with Crippen molar-refractivity contribution in [3.05, 3.63) is 0 Å². The highest BCUT2D eigenvalue weighted by atomic mass is 16.5. The van der Waals surface area contributed by atoms with E-state index in [0.29, 0.717) is 5.41 Å². The molecule has 0 bridgehead atoms. The van der Waals surface area contributed by atoms with Crippen molar-refractivity contribution in [3.63, 3.8) is 0 Å². The molecule has 0 aliphatic carbocycles. The van der Waals surface area contributed by atoms with Gasteiger partial charge in [-0.25, -0.2) is 0 Å². The largest absolute Gasteiger partial charge is 0.437 e. The quantitative estimate of drug-likeness (QED) is 0.691. The van der Waals surface area contributed by atoms with Crippen molar-refractivity contribution >= 4 is 7.05 Å². The maximum absolute atomic E-state index is 9.44. The molecule has 14 heavy (non-hydrogen) atoms. The Morgan fingerprint density at radius 3 is 2.36 bits per heavy atom. The molecular weight excluding hydrogens is 177 g/mol. The summed E-state index contributed by atoms with van der Waals surface area (Å²) in [4.78, 5) is 2.13. The summed E-state index contributed by atoms with van der Waals surface area (Å²) in [6.07, 6.45) is 3.46. The Morgan fingerprint density at radius 2 is 2.00 bits per heavy atom. The van der Waals surface area contributed by atoms with Crippen LogP contribution in [0.4, 0.5) is 0 Å². The molecule has 0 aromatic rings. The van der Waals surface area contributed by atoms with Crippen molar-refractivity contribution in [1.29, 1.82) is 0 Å². The Bertz CT molecular complexity index is 168. The minimum Gasteiger partial charge on any atom is -0.437 e. The summed E-state index contributed by atoms with van der Waals surface area (Å²) in [7, 11) is 1.48. The summed E-state index contributed by atoms with van der Waals surface area (Å²) < 4.78 is 5.29. The molecule has 1 fully saturated rings. The summed E-state index contributed by atoms with van der Waals surface area (Å²) in [5.41, 5.74) is 0.361. The summed E-state index contributed by atoms with van der Waals surface area (Å²) in [6, 6.07) is 0. The first-order valence-electron chi connectivity index (χ1n) is 5.54. The standard InChI is InChI=1S/C10H22BNO2/c1-4-10(9-14-3)5-7-12(8-6-10)11(2)13/h13H,4-9H2,1-3H3. The molecule has 0 saturated carbocycles. The lowest BCUT2D eigenvalue weighted by Crippen LogP contribution is -2.47. The monoisotopic (exact) mass is 199 g/mol. The van der Waals surface area contributed by atoms with Gasteiger partial charge in [0.15, 0.2) is 0 Å². The number of hydrogen-bond acceptors (Lipinski definition) is 3. The van der Waals surface area contributed by atoms with Gasteiger partial charge in [0, 0.05) is 7.11 Å². The molecule has 1 saturated heterocycles. The first-order chi connectivity index (χ1) is 6.63. The summed E-state index contributed by atoms with van der Waals surface area (Å²) >= 11 is 0. The highest BCUT2D eigenvalue weighted by molar-refractivity contribution is 6.45. The lowest BCUT2D eigenvalue weighted by molar-refractivity contribution is 0.0329. The molecule has 4 heteroatoms. The molecule has 1 aliphatic rings. The van der Waals surface area contributed by atoms with E-state index >= 15 is 0 Å². The van der Waals surface area contributed by atoms with Gasteiger partial charge in [-0.1, -0.05) is 6.92 Å². The zero-order valence-electron chi connectivity index (χ0n) is 9.62. The SMILES string of the molecule is CCC1(COC)CCN(B(C)O)CC1. The van der Waals surface area contributed by atoms with Crippen molar-refractivity contribution in [2.24, 2.45) is 5.41 Å². The molecule has 1 rings (SSSR count). The zero-order chi connectivity index (χ0) is 10.6. The molecule has 0 atom stereocenters. The van der Waals surface area contributed by atoms with Gasteiger partial charge < -0.3 is 14.6 Å². The smallest absolute Gasteiger partial charge is 0.376 e. The van der Waals surface area contributed by atoms with E-state index in [1.807, 2.05) is 6.82 Å². The fourth-order valence-electron chi connectivity index (χ4n) is 2.28. The van der Waals surface area contributed by atoms with Gasteiger partial charge >= 0.3 is 7.05 Å². The lowest BCUT2D eigenvalue weighted by Gasteiger charge is -2.41. The van der Waals surface area contributed by atoms with Crippen LogP contribution in [0.1, 0.15) is 26.2 Å². The Labute approximate surface area is 87.6 Å². The zero-order valence-corrected chi connectivity index (χ0v) is 9.62. The minimum absolute atomic E-state index is 0.299. The fraction of sp³-hybridized carbons (Fsp3) is 1.00. The average Bonchev–Trinajstić information content (AvgIpc) is 2.19. The van der Waals surface area contributed by atoms with Crippen molar-refractivity contribution in [2.75, 3.05) is 26.8 Å². The third kappa shape index (κ3) is 2.72. The van der Waals surface area contributed by atoms with Crippen molar-refractivity contribution in [3.8, 4) is 0 Å². The van der Waals surface area contributed by atoms with Crippen molar-refractivity contribution < 1.29 is 9.76 Å². The van der Waals surface area contributed by atoms with Crippen LogP contribution >= 0.6 is 0 Å². The van der Waals surface area contributed by atoms with Crippen LogP contribution in [0, 0.1) is 5.41 Å². The molecule has 0 radical (unpaired) electrons. The molecule has 1 N–H and O–H groups in total. The van der Waals surface area contributed by atoms with Gasteiger partial charge in [-0.15, -0.1) is 0 Å². The van der Waals surface area contributed by atoms with Crippen molar-refractivity contribution in [1.82, 2.24) is 4.81 Å². The average molecular weight is 199 g/mol. The summed E-state index contributed by atoms with van der Waals surface area (Å²) in [6.45, 7) is 6.92. The van der Waals surface area contributed by atoms with E-state index in [-0.39, 0.29) is 7.05 Å². The van der Waals surface area contributed by atoms with Crippen molar-refractivity contribution in [2.45, 2.75) is 33.0 Å². The van der Waals surface area contributed by atoms with Crippen LogP contribution < -0.4 is 0 Å². The van der Waals surface area contributed by atoms with Crippen LogP contribution in [0.3, 0.4) is 0 Å². The van der Waals surface area contributed by atoms with E-state index in [9.17, 15) is 5.02 Å². The van der Waals surface area contributed by atoms with E-state index in [2.05, 4.69) is 11.7 Å². The predicted molar refractivity (Wildman–Crippen MR) is 59.2 cm³/mol. The van der Waals surface area contributed by atoms with Gasteiger partial charge in [0.1, 0.15) is 0 Å². The number of nitrogens with zero attached hydrogens (tertiary/aromatic N) is 1. The number of methoxy groups -OCH3 is 1. The first kappa shape index (κ1) is 12.0. The number of rotatable bonds is 4. The highest BCUT2D eigenvalue weighted by Crippen LogP contribution is 2.35. The van der Waals surface area contributed by atoms with Crippen LogP contribution in [0.2, 0.25) is 6.82 Å². The second-order valence-corrected chi connectivity index (χ2v) is 4.45. The Kier molecular flexibility index (Phi) is 4.42. The maximum Gasteiger partial charge on any atom is 0.376 e. The van der Waals surface area contributed by atoms with Gasteiger partial charge in [0.25, 0.3) is 0 Å². The van der Waals surface area contributed by atoms with Crippen LogP contribution in [0.25, 0.3) is 0 Å². The van der Waals surface area contributed by atoms with Gasteiger partial charge in [0.05, 0.1) is 6.61 Å². The third-order valence-electron chi connectivity index (χ3n) is 3.59. The number of ether oxygens (including phenoxy) is 1. The molecule has 0 aromatic heterocycles. The third-order valence-corrected chi connectivity index (χ3v) is 3.59. The van der Waals surface area contributed by atoms with E-state index in [1.54, 1.807) is 7.11 Å². The van der Waals surface area contributed by atoms with Crippen LogP contribution in [-0.4, -0.2) is 43.7 Å². The fourth-order valence-corrected chi connectivity index (χ4v) is 2.28. The predicted octanol–water partition coefficient (Wildman–Crippen LogP) is 1.24. The molecule has 1 aliphatic heterocycles. The molecule has 0 amide bonds. The van der Waals surface area contributed by atoms with E-state index in [4.69, 9.17) is 4.74 Å². The highest BCUT2D eigenvalue weighted by Gasteiger charge is 2.34. The first-order valence-corrected chi connectivity index (χ1v) is 5.54. The van der Waals surface area contributed by atoms with E-state index in [1.165, 1.54) is 6.42 Å². The molecular formula is C10H22BNO2. The Hall–Kier alpha value is -0.0551. The van der Waals surface area contributed by atoms with Crippen LogP contribution in [0.15, 0.2) is 0 Å². The second kappa shape index (κ2) is 5.15. The number of piperidine rings is 1. The summed E-state index contributed by atoms with van der Waals surface area (Å²) in [5.74, 6) is 0. The van der Waals surface area contributed by atoms with Gasteiger partial charge in [-0.2, -0.15) is 0 Å². The maximum atomic E-state index is 9.44. The van der Waals surface area contributed by atoms with Gasteiger partial charge in [-0.3, -0.25) is 0 Å². The number of hydrogen-bond donors (Lipinski definition) is 1. The van der Waals surface area contributed by atoms with Gasteiger partial charge in [-0.05, 0) is 44.6 Å². The van der Waals surface area contributed by atoms with E-state index < -0.39 is 0 Å².